The van der Waals surface area contributed by atoms with Crippen LogP contribution >= 0.6 is 12.4 Å². The van der Waals surface area contributed by atoms with Gasteiger partial charge in [0.15, 0.2) is 5.89 Å². The number of nitrogens with one attached hydrogen (secondary N) is 1. The highest BCUT2D eigenvalue weighted by Crippen LogP contribution is 2.31. The summed E-state index contributed by atoms with van der Waals surface area (Å²) in [5.41, 5.74) is 6.51. The first-order valence-electron chi connectivity index (χ1n) is 5.55. The molecule has 17 heavy (non-hydrogen) atoms. The molecule has 1 atom stereocenters. The number of rotatable bonds is 4. The van der Waals surface area contributed by atoms with Crippen molar-refractivity contribution in [1.29, 1.82) is 0 Å². The van der Waals surface area contributed by atoms with E-state index in [1.54, 1.807) is 13.8 Å². The van der Waals surface area contributed by atoms with Gasteiger partial charge >= 0.3 is 0 Å². The monoisotopic (exact) mass is 259 g/mol. The van der Waals surface area contributed by atoms with Crippen LogP contribution in [0.5, 0.6) is 0 Å². The number of carbonyl (C=O) groups excluding carboxylic acids is 1. The van der Waals surface area contributed by atoms with E-state index >= 15 is 0 Å². The van der Waals surface area contributed by atoms with Crippen molar-refractivity contribution in [2.45, 2.75) is 32.7 Å². The summed E-state index contributed by atoms with van der Waals surface area (Å²) in [5, 5.41) is 2.78. The molecule has 3 N–H and O–H groups in total. The van der Waals surface area contributed by atoms with Gasteiger partial charge in [-0.1, -0.05) is 0 Å². The number of aryl methyl sites for hydroxylation is 2. The number of aromatic nitrogens is 1. The minimum atomic E-state index is -0.228. The first kappa shape index (κ1) is 14.0. The van der Waals surface area contributed by atoms with Crippen LogP contribution < -0.4 is 11.1 Å². The highest BCUT2D eigenvalue weighted by molar-refractivity contribution is 5.92. The summed E-state index contributed by atoms with van der Waals surface area (Å²) < 4.78 is 5.22. The molecule has 5 nitrogen and oxygen atoms in total. The van der Waals surface area contributed by atoms with Crippen molar-refractivity contribution < 1.29 is 9.21 Å². The Morgan fingerprint density at radius 3 is 2.71 bits per heavy atom. The number of hydrogen-bond acceptors (Lipinski definition) is 4. The van der Waals surface area contributed by atoms with Gasteiger partial charge in [0, 0.05) is 19.5 Å². The van der Waals surface area contributed by atoms with Crippen LogP contribution in [-0.2, 0) is 0 Å². The van der Waals surface area contributed by atoms with Gasteiger partial charge in [0.25, 0.3) is 5.91 Å². The molecule has 2 rings (SSSR count). The van der Waals surface area contributed by atoms with Crippen LogP contribution in [-0.4, -0.2) is 23.5 Å². The maximum Gasteiger partial charge on any atom is 0.289 e. The van der Waals surface area contributed by atoms with Crippen molar-refractivity contribution in [2.75, 3.05) is 6.54 Å². The third-order valence-electron chi connectivity index (χ3n) is 2.84. The summed E-state index contributed by atoms with van der Waals surface area (Å²) in [6.45, 7) is 3.98. The van der Waals surface area contributed by atoms with E-state index in [0.717, 1.165) is 0 Å². The predicted octanol–water partition coefficient (Wildman–Crippen LogP) is 1.18. The molecule has 1 heterocycles. The van der Waals surface area contributed by atoms with Gasteiger partial charge in [-0.3, -0.25) is 4.79 Å². The largest absolute Gasteiger partial charge is 0.436 e. The van der Waals surface area contributed by atoms with Crippen molar-refractivity contribution in [1.82, 2.24) is 10.3 Å². The zero-order valence-corrected chi connectivity index (χ0v) is 10.8. The van der Waals surface area contributed by atoms with Crippen LogP contribution in [0.3, 0.4) is 0 Å². The van der Waals surface area contributed by atoms with Crippen LogP contribution in [0.4, 0.5) is 0 Å². The van der Waals surface area contributed by atoms with E-state index in [9.17, 15) is 4.79 Å². The lowest BCUT2D eigenvalue weighted by Crippen LogP contribution is -2.38. The average Bonchev–Trinajstić information content (AvgIpc) is 3.01. The average molecular weight is 260 g/mol. The molecule has 0 spiro atoms. The van der Waals surface area contributed by atoms with E-state index in [0.29, 0.717) is 29.8 Å². The fourth-order valence-corrected chi connectivity index (χ4v) is 1.72. The molecule has 0 saturated heterocycles. The standard InChI is InChI=1S/C11H17N3O2.ClH/c1-6-10(16-7(2)14-6)11(15)13-5-9(12)8-3-4-8;/h8-9H,3-5,12H2,1-2H3,(H,13,15);1H. The van der Waals surface area contributed by atoms with Crippen LogP contribution in [0.2, 0.25) is 0 Å². The zero-order chi connectivity index (χ0) is 11.7. The highest BCUT2D eigenvalue weighted by Gasteiger charge is 2.29. The van der Waals surface area contributed by atoms with Gasteiger partial charge in [0.05, 0.1) is 5.69 Å². The molecular formula is C11H18ClN3O2. The number of carbonyl (C=O) groups is 1. The van der Waals surface area contributed by atoms with Crippen LogP contribution in [0.1, 0.15) is 35.0 Å². The van der Waals surface area contributed by atoms with Gasteiger partial charge in [-0.2, -0.15) is 0 Å². The van der Waals surface area contributed by atoms with Gasteiger partial charge in [-0.25, -0.2) is 4.98 Å². The Balaban J connectivity index is 0.00000144. The maximum atomic E-state index is 11.7. The number of oxazole rings is 1. The summed E-state index contributed by atoms with van der Waals surface area (Å²) in [7, 11) is 0. The highest BCUT2D eigenvalue weighted by atomic mass is 35.5. The van der Waals surface area contributed by atoms with Crippen LogP contribution in [0.25, 0.3) is 0 Å². The molecule has 0 aliphatic heterocycles. The molecule has 1 aliphatic carbocycles. The van der Waals surface area contributed by atoms with Crippen molar-refractivity contribution in [3.8, 4) is 0 Å². The van der Waals surface area contributed by atoms with E-state index in [1.807, 2.05) is 0 Å². The Bertz CT molecular complexity index is 401. The molecule has 0 radical (unpaired) electrons. The second kappa shape index (κ2) is 5.51. The number of amides is 1. The molecule has 1 aromatic rings. The summed E-state index contributed by atoms with van der Waals surface area (Å²) in [5.74, 6) is 1.15. The Morgan fingerprint density at radius 1 is 1.59 bits per heavy atom. The molecule has 1 aromatic heterocycles. The lowest BCUT2D eigenvalue weighted by molar-refractivity contribution is 0.0920. The second-order valence-electron chi connectivity index (χ2n) is 4.36. The lowest BCUT2D eigenvalue weighted by Gasteiger charge is -2.10. The second-order valence-corrected chi connectivity index (χ2v) is 4.36. The van der Waals surface area contributed by atoms with Crippen LogP contribution in [0, 0.1) is 19.8 Å². The van der Waals surface area contributed by atoms with Crippen molar-refractivity contribution in [3.05, 3.63) is 17.3 Å². The smallest absolute Gasteiger partial charge is 0.289 e. The minimum absolute atomic E-state index is 0. The van der Waals surface area contributed by atoms with E-state index in [4.69, 9.17) is 10.2 Å². The zero-order valence-electron chi connectivity index (χ0n) is 10.0. The summed E-state index contributed by atoms with van der Waals surface area (Å²) in [6, 6.07) is 0.0632. The van der Waals surface area contributed by atoms with E-state index in [-0.39, 0.29) is 24.4 Å². The first-order valence-corrected chi connectivity index (χ1v) is 5.55. The summed E-state index contributed by atoms with van der Waals surface area (Å²) in [6.07, 6.45) is 2.36. The van der Waals surface area contributed by atoms with Gasteiger partial charge in [-0.05, 0) is 25.7 Å². The predicted molar refractivity (Wildman–Crippen MR) is 66.3 cm³/mol. The Kier molecular flexibility index (Phi) is 4.54. The lowest BCUT2D eigenvalue weighted by atomic mass is 10.2. The number of hydrogen-bond donors (Lipinski definition) is 2. The van der Waals surface area contributed by atoms with E-state index in [2.05, 4.69) is 10.3 Å². The third kappa shape index (κ3) is 3.44. The van der Waals surface area contributed by atoms with Crippen LogP contribution in [0.15, 0.2) is 4.42 Å². The quantitative estimate of drug-likeness (QED) is 0.851. The minimum Gasteiger partial charge on any atom is -0.436 e. The fraction of sp³-hybridized carbons (Fsp3) is 0.636. The van der Waals surface area contributed by atoms with Gasteiger partial charge in [0.2, 0.25) is 5.76 Å². The molecule has 0 bridgehead atoms. The molecule has 0 aromatic carbocycles. The van der Waals surface area contributed by atoms with E-state index in [1.165, 1.54) is 12.8 Å². The van der Waals surface area contributed by atoms with Crippen molar-refractivity contribution in [2.24, 2.45) is 11.7 Å². The van der Waals surface area contributed by atoms with Crippen molar-refractivity contribution >= 4 is 18.3 Å². The Hall–Kier alpha value is -1.07. The van der Waals surface area contributed by atoms with Gasteiger partial charge in [-0.15, -0.1) is 12.4 Å². The molecular weight excluding hydrogens is 242 g/mol. The fourth-order valence-electron chi connectivity index (χ4n) is 1.72. The van der Waals surface area contributed by atoms with Gasteiger partial charge in [0.1, 0.15) is 0 Å². The molecule has 1 aliphatic rings. The number of nitrogens with two attached hydrogens (primary N) is 1. The normalized spacial score (nSPS) is 16.2. The van der Waals surface area contributed by atoms with E-state index < -0.39 is 0 Å². The molecule has 1 unspecified atom stereocenters. The summed E-state index contributed by atoms with van der Waals surface area (Å²) in [4.78, 5) is 15.8. The van der Waals surface area contributed by atoms with Crippen molar-refractivity contribution in [3.63, 3.8) is 0 Å². The summed E-state index contributed by atoms with van der Waals surface area (Å²) >= 11 is 0. The first-order chi connectivity index (χ1) is 7.58. The number of halogens is 1. The SMILES string of the molecule is Cc1nc(C)c(C(=O)NCC(N)C2CC2)o1.Cl. The van der Waals surface area contributed by atoms with Gasteiger partial charge < -0.3 is 15.5 Å². The Morgan fingerprint density at radius 2 is 2.24 bits per heavy atom. The molecule has 1 amide bonds. The molecule has 6 heteroatoms. The molecule has 1 fully saturated rings. The molecule has 1 saturated carbocycles. The third-order valence-corrected chi connectivity index (χ3v) is 2.84. The maximum absolute atomic E-state index is 11.7. The topological polar surface area (TPSA) is 81.2 Å². The number of nitrogens with zero attached hydrogens (tertiary/aromatic N) is 1. The molecule has 96 valence electrons. The Labute approximate surface area is 107 Å².